The number of nitrogens with zero attached hydrogens (tertiary/aromatic N) is 3. The average Bonchev–Trinajstić information content (AvgIpc) is 3.40. The molecule has 4 aromatic rings. The van der Waals surface area contributed by atoms with Crippen molar-refractivity contribution in [3.8, 4) is 11.1 Å². The number of hydrogen-bond acceptors (Lipinski definition) is 7. The van der Waals surface area contributed by atoms with Gasteiger partial charge in [0.1, 0.15) is 4.83 Å². The first-order chi connectivity index (χ1) is 15.6. The Hall–Kier alpha value is -2.88. The predicted molar refractivity (Wildman–Crippen MR) is 127 cm³/mol. The SMILES string of the molecule is COC1CCN(c2nc3sc(C(=O)Nc4ccc(-c5ccc(F)nc5)cc4)cc3s2)CC1. The summed E-state index contributed by atoms with van der Waals surface area (Å²) in [5.74, 6) is -0.662. The van der Waals surface area contributed by atoms with Gasteiger partial charge in [0.15, 0.2) is 5.13 Å². The molecule has 0 saturated carbocycles. The number of ether oxygens (including phenoxy) is 1. The van der Waals surface area contributed by atoms with Crippen molar-refractivity contribution in [2.24, 2.45) is 0 Å². The van der Waals surface area contributed by atoms with E-state index in [1.165, 1.54) is 23.6 Å². The van der Waals surface area contributed by atoms with E-state index >= 15 is 0 Å². The first-order valence-electron chi connectivity index (χ1n) is 10.3. The predicted octanol–water partition coefficient (Wildman–Crippen LogP) is 5.43. The summed E-state index contributed by atoms with van der Waals surface area (Å²) < 4.78 is 19.5. The summed E-state index contributed by atoms with van der Waals surface area (Å²) in [7, 11) is 1.77. The highest BCUT2D eigenvalue weighted by Crippen LogP contribution is 2.36. The van der Waals surface area contributed by atoms with E-state index in [0.29, 0.717) is 16.7 Å². The summed E-state index contributed by atoms with van der Waals surface area (Å²) in [6, 6.07) is 12.3. The Bertz CT molecular complexity index is 1200. The summed E-state index contributed by atoms with van der Waals surface area (Å²) >= 11 is 3.04. The standard InChI is InChI=1S/C23H21FN4O2S2/c1-30-17-8-10-28(11-9-17)23-27-22-19(32-23)12-18(31-22)21(29)26-16-5-2-14(3-6-16)15-4-7-20(24)25-13-15/h2-7,12-13,17H,8-11H2,1H3,(H,26,29). The molecule has 0 atom stereocenters. The number of rotatable bonds is 5. The number of amides is 1. The number of aromatic nitrogens is 2. The van der Waals surface area contributed by atoms with Crippen LogP contribution in [0.1, 0.15) is 22.5 Å². The first-order valence-corrected chi connectivity index (χ1v) is 11.9. The smallest absolute Gasteiger partial charge is 0.265 e. The second kappa shape index (κ2) is 8.93. The summed E-state index contributed by atoms with van der Waals surface area (Å²) in [5, 5.41) is 3.95. The monoisotopic (exact) mass is 468 g/mol. The lowest BCUT2D eigenvalue weighted by molar-refractivity contribution is 0.0819. The van der Waals surface area contributed by atoms with E-state index < -0.39 is 5.95 Å². The van der Waals surface area contributed by atoms with Crippen molar-refractivity contribution >= 4 is 48.9 Å². The molecule has 1 saturated heterocycles. The van der Waals surface area contributed by atoms with Gasteiger partial charge >= 0.3 is 0 Å². The molecule has 3 aromatic heterocycles. The van der Waals surface area contributed by atoms with Crippen molar-refractivity contribution in [3.05, 3.63) is 59.5 Å². The molecule has 164 valence electrons. The zero-order valence-corrected chi connectivity index (χ0v) is 19.0. The van der Waals surface area contributed by atoms with Crippen LogP contribution in [0.2, 0.25) is 0 Å². The van der Waals surface area contributed by atoms with Crippen molar-refractivity contribution in [3.63, 3.8) is 0 Å². The van der Waals surface area contributed by atoms with Gasteiger partial charge in [-0.05, 0) is 48.7 Å². The van der Waals surface area contributed by atoms with Crippen molar-refractivity contribution in [1.82, 2.24) is 9.97 Å². The third-order valence-corrected chi connectivity index (χ3v) is 7.77. The second-order valence-electron chi connectivity index (χ2n) is 7.60. The number of hydrogen-bond donors (Lipinski definition) is 1. The minimum atomic E-state index is -0.509. The number of fused-ring (bicyclic) bond motifs is 1. The molecule has 1 aliphatic rings. The van der Waals surface area contributed by atoms with Crippen LogP contribution in [0.5, 0.6) is 0 Å². The van der Waals surface area contributed by atoms with E-state index in [1.807, 2.05) is 30.3 Å². The van der Waals surface area contributed by atoms with Gasteiger partial charge in [-0.1, -0.05) is 23.5 Å². The molecule has 9 heteroatoms. The van der Waals surface area contributed by atoms with Gasteiger partial charge in [-0.2, -0.15) is 4.39 Å². The fourth-order valence-electron chi connectivity index (χ4n) is 3.74. The molecule has 0 aliphatic carbocycles. The fraction of sp³-hybridized carbons (Fsp3) is 0.261. The number of halogens is 1. The molecule has 5 rings (SSSR count). The van der Waals surface area contributed by atoms with Crippen molar-refractivity contribution < 1.29 is 13.9 Å². The van der Waals surface area contributed by atoms with Gasteiger partial charge in [0.2, 0.25) is 5.95 Å². The van der Waals surface area contributed by atoms with Crippen LogP contribution in [0.25, 0.3) is 20.7 Å². The van der Waals surface area contributed by atoms with Crippen LogP contribution in [0.15, 0.2) is 48.7 Å². The van der Waals surface area contributed by atoms with E-state index in [4.69, 9.17) is 9.72 Å². The first kappa shape index (κ1) is 21.0. The Morgan fingerprint density at radius 1 is 1.12 bits per heavy atom. The van der Waals surface area contributed by atoms with E-state index in [-0.39, 0.29) is 5.91 Å². The lowest BCUT2D eigenvalue weighted by Gasteiger charge is -2.30. The maximum Gasteiger partial charge on any atom is 0.265 e. The van der Waals surface area contributed by atoms with Gasteiger partial charge in [0.25, 0.3) is 5.91 Å². The number of carbonyl (C=O) groups excluding carboxylic acids is 1. The zero-order chi connectivity index (χ0) is 22.1. The molecule has 6 nitrogen and oxygen atoms in total. The molecule has 0 radical (unpaired) electrons. The van der Waals surface area contributed by atoms with E-state index in [0.717, 1.165) is 51.7 Å². The second-order valence-corrected chi connectivity index (χ2v) is 9.64. The van der Waals surface area contributed by atoms with Gasteiger partial charge in [-0.3, -0.25) is 4.79 Å². The number of pyridine rings is 1. The third-order valence-electron chi connectivity index (χ3n) is 5.55. The molecule has 32 heavy (non-hydrogen) atoms. The van der Waals surface area contributed by atoms with E-state index in [9.17, 15) is 9.18 Å². The average molecular weight is 469 g/mol. The quantitative estimate of drug-likeness (QED) is 0.396. The number of anilines is 2. The van der Waals surface area contributed by atoms with Crippen molar-refractivity contribution in [2.45, 2.75) is 18.9 Å². The van der Waals surface area contributed by atoms with Gasteiger partial charge in [-0.25, -0.2) is 9.97 Å². The summed E-state index contributed by atoms with van der Waals surface area (Å²) in [4.78, 5) is 25.0. The summed E-state index contributed by atoms with van der Waals surface area (Å²) in [6.45, 7) is 1.88. The van der Waals surface area contributed by atoms with E-state index in [2.05, 4.69) is 15.2 Å². The van der Waals surface area contributed by atoms with Gasteiger partial charge in [0, 0.05) is 37.6 Å². The Labute approximate surface area is 192 Å². The largest absolute Gasteiger partial charge is 0.381 e. The summed E-state index contributed by atoms with van der Waals surface area (Å²) in [5.41, 5.74) is 2.41. The molecule has 0 spiro atoms. The Balaban J connectivity index is 1.25. The van der Waals surface area contributed by atoms with E-state index in [1.54, 1.807) is 24.5 Å². The zero-order valence-electron chi connectivity index (χ0n) is 17.4. The maximum atomic E-state index is 13.0. The van der Waals surface area contributed by atoms with Crippen LogP contribution in [0.3, 0.4) is 0 Å². The number of nitrogens with one attached hydrogen (secondary N) is 1. The minimum absolute atomic E-state index is 0.154. The maximum absolute atomic E-state index is 13.0. The molecular formula is C23H21FN4O2S2. The molecular weight excluding hydrogens is 447 g/mol. The van der Waals surface area contributed by atoms with Crippen LogP contribution in [0.4, 0.5) is 15.2 Å². The lowest BCUT2D eigenvalue weighted by Crippen LogP contribution is -2.36. The van der Waals surface area contributed by atoms with Crippen molar-refractivity contribution in [1.29, 1.82) is 0 Å². The fourth-order valence-corrected chi connectivity index (χ4v) is 5.90. The molecule has 1 aromatic carbocycles. The lowest BCUT2D eigenvalue weighted by atomic mass is 10.1. The number of thiophene rings is 1. The Morgan fingerprint density at radius 2 is 1.88 bits per heavy atom. The normalized spacial score (nSPS) is 14.8. The number of benzene rings is 1. The molecule has 1 aliphatic heterocycles. The van der Waals surface area contributed by atoms with Crippen LogP contribution < -0.4 is 10.2 Å². The van der Waals surface area contributed by atoms with Crippen LogP contribution in [-0.2, 0) is 4.74 Å². The highest BCUT2D eigenvalue weighted by Gasteiger charge is 2.22. The van der Waals surface area contributed by atoms with Gasteiger partial charge < -0.3 is 15.0 Å². The number of thiazole rings is 1. The third kappa shape index (κ3) is 4.36. The van der Waals surface area contributed by atoms with Crippen LogP contribution in [-0.4, -0.2) is 42.2 Å². The van der Waals surface area contributed by atoms with Crippen molar-refractivity contribution in [2.75, 3.05) is 30.4 Å². The molecule has 1 fully saturated rings. The number of carbonyl (C=O) groups is 1. The number of piperidine rings is 1. The minimum Gasteiger partial charge on any atom is -0.381 e. The molecule has 1 N–H and O–H groups in total. The van der Waals surface area contributed by atoms with Gasteiger partial charge in [-0.15, -0.1) is 11.3 Å². The summed E-state index contributed by atoms with van der Waals surface area (Å²) in [6.07, 6.45) is 3.84. The van der Waals surface area contributed by atoms with Gasteiger partial charge in [0.05, 0.1) is 15.7 Å². The Kier molecular flexibility index (Phi) is 5.86. The number of methoxy groups -OCH3 is 1. The topological polar surface area (TPSA) is 67.3 Å². The Morgan fingerprint density at radius 3 is 2.53 bits per heavy atom. The molecule has 0 bridgehead atoms. The highest BCUT2D eigenvalue weighted by molar-refractivity contribution is 7.29. The molecule has 4 heterocycles. The molecule has 1 amide bonds. The molecule has 0 unspecified atom stereocenters. The highest BCUT2D eigenvalue weighted by atomic mass is 32.1. The van der Waals surface area contributed by atoms with Crippen LogP contribution in [0, 0.1) is 5.95 Å². The van der Waals surface area contributed by atoms with Crippen LogP contribution >= 0.6 is 22.7 Å².